The summed E-state index contributed by atoms with van der Waals surface area (Å²) >= 11 is 1.77. The van der Waals surface area contributed by atoms with Gasteiger partial charge in [0.1, 0.15) is 0 Å². The number of rotatable bonds is 6. The third-order valence-corrected chi connectivity index (χ3v) is 3.89. The quantitative estimate of drug-likeness (QED) is 0.869. The van der Waals surface area contributed by atoms with Crippen molar-refractivity contribution in [1.29, 1.82) is 0 Å². The van der Waals surface area contributed by atoms with Crippen LogP contribution in [0.25, 0.3) is 11.3 Å². The molecule has 1 heterocycles. The van der Waals surface area contributed by atoms with Crippen molar-refractivity contribution < 1.29 is 9.63 Å². The molecule has 0 amide bonds. The molecule has 2 aromatic rings. The first-order chi connectivity index (χ1) is 8.79. The molecule has 0 aliphatic heterocycles. The van der Waals surface area contributed by atoms with Gasteiger partial charge < -0.3 is 9.63 Å². The van der Waals surface area contributed by atoms with E-state index in [2.05, 4.69) is 5.16 Å². The first kappa shape index (κ1) is 13.2. The second-order valence-electron chi connectivity index (χ2n) is 4.35. The van der Waals surface area contributed by atoms with Crippen molar-refractivity contribution in [3.05, 3.63) is 42.1 Å². The van der Waals surface area contributed by atoms with E-state index in [1.807, 2.05) is 43.3 Å². The maximum absolute atomic E-state index is 8.94. The third kappa shape index (κ3) is 3.62. The van der Waals surface area contributed by atoms with Crippen molar-refractivity contribution in [2.24, 2.45) is 5.92 Å². The second-order valence-corrected chi connectivity index (χ2v) is 5.38. The molecule has 0 radical (unpaired) electrons. The largest absolute Gasteiger partial charge is 0.396 e. The molecule has 1 atom stereocenters. The molecule has 0 aliphatic rings. The molecule has 0 fully saturated rings. The van der Waals surface area contributed by atoms with Crippen molar-refractivity contribution in [1.82, 2.24) is 5.16 Å². The standard InChI is InChI=1S/C14H17NO2S/c1-11(8-16)9-18-10-13-7-14(17-15-13)12-5-3-2-4-6-12/h2-7,11,16H,8-10H2,1H3. The van der Waals surface area contributed by atoms with Crippen molar-refractivity contribution in [2.75, 3.05) is 12.4 Å². The Morgan fingerprint density at radius 1 is 1.33 bits per heavy atom. The molecular weight excluding hydrogens is 246 g/mol. The van der Waals surface area contributed by atoms with Gasteiger partial charge >= 0.3 is 0 Å². The Bertz CT molecular complexity index is 470. The van der Waals surface area contributed by atoms with E-state index in [0.717, 1.165) is 28.5 Å². The topological polar surface area (TPSA) is 46.3 Å². The lowest BCUT2D eigenvalue weighted by atomic mass is 10.2. The average molecular weight is 263 g/mol. The van der Waals surface area contributed by atoms with Gasteiger partial charge in [-0.15, -0.1) is 0 Å². The van der Waals surface area contributed by atoms with E-state index in [-0.39, 0.29) is 6.61 Å². The molecule has 0 saturated heterocycles. The van der Waals surface area contributed by atoms with Gasteiger partial charge in [-0.25, -0.2) is 0 Å². The van der Waals surface area contributed by atoms with Crippen LogP contribution < -0.4 is 0 Å². The molecule has 1 unspecified atom stereocenters. The first-order valence-corrected chi connectivity index (χ1v) is 7.14. The van der Waals surface area contributed by atoms with E-state index in [4.69, 9.17) is 9.63 Å². The lowest BCUT2D eigenvalue weighted by Gasteiger charge is -2.04. The van der Waals surface area contributed by atoms with Gasteiger partial charge in [0.15, 0.2) is 5.76 Å². The highest BCUT2D eigenvalue weighted by Gasteiger charge is 2.07. The molecule has 1 aromatic carbocycles. The van der Waals surface area contributed by atoms with Crippen LogP contribution in [0.5, 0.6) is 0 Å². The van der Waals surface area contributed by atoms with Crippen LogP contribution in [0.4, 0.5) is 0 Å². The van der Waals surface area contributed by atoms with Crippen LogP contribution in [0.15, 0.2) is 40.9 Å². The molecule has 18 heavy (non-hydrogen) atoms. The zero-order valence-corrected chi connectivity index (χ0v) is 11.2. The van der Waals surface area contributed by atoms with Crippen LogP contribution in [-0.4, -0.2) is 22.6 Å². The summed E-state index contributed by atoms with van der Waals surface area (Å²) in [6.07, 6.45) is 0. The number of benzene rings is 1. The predicted molar refractivity (Wildman–Crippen MR) is 74.4 cm³/mol. The Morgan fingerprint density at radius 3 is 2.83 bits per heavy atom. The number of nitrogens with zero attached hydrogens (tertiary/aromatic N) is 1. The Hall–Kier alpha value is -1.26. The number of thioether (sulfide) groups is 1. The summed E-state index contributed by atoms with van der Waals surface area (Å²) in [5.41, 5.74) is 1.99. The van der Waals surface area contributed by atoms with Gasteiger partial charge in [0, 0.05) is 24.0 Å². The fraction of sp³-hybridized carbons (Fsp3) is 0.357. The van der Waals surface area contributed by atoms with Crippen LogP contribution in [0.1, 0.15) is 12.6 Å². The van der Waals surface area contributed by atoms with E-state index < -0.39 is 0 Å². The maximum Gasteiger partial charge on any atom is 0.167 e. The zero-order chi connectivity index (χ0) is 12.8. The van der Waals surface area contributed by atoms with Crippen molar-refractivity contribution in [3.63, 3.8) is 0 Å². The SMILES string of the molecule is CC(CO)CSCc1cc(-c2ccccc2)on1. The van der Waals surface area contributed by atoms with Crippen LogP contribution in [0, 0.1) is 5.92 Å². The predicted octanol–water partition coefficient (Wildman–Crippen LogP) is 3.20. The summed E-state index contributed by atoms with van der Waals surface area (Å²) in [7, 11) is 0. The van der Waals surface area contributed by atoms with Crippen LogP contribution >= 0.6 is 11.8 Å². The number of hydrogen-bond acceptors (Lipinski definition) is 4. The smallest absolute Gasteiger partial charge is 0.167 e. The molecule has 0 saturated carbocycles. The molecule has 2 rings (SSSR count). The number of aliphatic hydroxyl groups is 1. The monoisotopic (exact) mass is 263 g/mol. The van der Waals surface area contributed by atoms with Gasteiger partial charge in [0.25, 0.3) is 0 Å². The molecule has 1 aromatic heterocycles. The number of aliphatic hydroxyl groups excluding tert-OH is 1. The Kier molecular flexibility index (Phi) is 4.84. The summed E-state index contributed by atoms with van der Waals surface area (Å²) < 4.78 is 5.32. The minimum absolute atomic E-state index is 0.237. The maximum atomic E-state index is 8.94. The van der Waals surface area contributed by atoms with Crippen molar-refractivity contribution >= 4 is 11.8 Å². The van der Waals surface area contributed by atoms with Crippen LogP contribution in [0.3, 0.4) is 0 Å². The minimum Gasteiger partial charge on any atom is -0.396 e. The zero-order valence-electron chi connectivity index (χ0n) is 10.4. The van der Waals surface area contributed by atoms with Gasteiger partial charge in [-0.1, -0.05) is 42.4 Å². The summed E-state index contributed by atoms with van der Waals surface area (Å²) in [4.78, 5) is 0. The second kappa shape index (κ2) is 6.61. The van der Waals surface area contributed by atoms with Gasteiger partial charge in [0.2, 0.25) is 0 Å². The minimum atomic E-state index is 0.237. The molecule has 3 nitrogen and oxygen atoms in total. The molecular formula is C14H17NO2S. The van der Waals surface area contributed by atoms with Gasteiger partial charge in [-0.2, -0.15) is 11.8 Å². The molecule has 0 aliphatic carbocycles. The van der Waals surface area contributed by atoms with Gasteiger partial charge in [-0.3, -0.25) is 0 Å². The Morgan fingerprint density at radius 2 is 2.11 bits per heavy atom. The van der Waals surface area contributed by atoms with Gasteiger partial charge in [0.05, 0.1) is 5.69 Å². The van der Waals surface area contributed by atoms with E-state index in [0.29, 0.717) is 5.92 Å². The molecule has 96 valence electrons. The molecule has 4 heteroatoms. The number of aromatic nitrogens is 1. The van der Waals surface area contributed by atoms with Crippen LogP contribution in [0.2, 0.25) is 0 Å². The van der Waals surface area contributed by atoms with Gasteiger partial charge in [-0.05, 0) is 11.7 Å². The lowest BCUT2D eigenvalue weighted by Crippen LogP contribution is -2.03. The fourth-order valence-corrected chi connectivity index (χ4v) is 2.51. The third-order valence-electron chi connectivity index (χ3n) is 2.58. The summed E-state index contributed by atoms with van der Waals surface area (Å²) in [6.45, 7) is 2.27. The van der Waals surface area contributed by atoms with Crippen LogP contribution in [-0.2, 0) is 5.75 Å². The van der Waals surface area contributed by atoms with E-state index >= 15 is 0 Å². The van der Waals surface area contributed by atoms with E-state index in [1.54, 1.807) is 11.8 Å². The molecule has 0 spiro atoms. The molecule has 1 N–H and O–H groups in total. The normalized spacial score (nSPS) is 12.6. The highest BCUT2D eigenvalue weighted by Crippen LogP contribution is 2.22. The fourth-order valence-electron chi connectivity index (χ4n) is 1.54. The highest BCUT2D eigenvalue weighted by atomic mass is 32.2. The summed E-state index contributed by atoms with van der Waals surface area (Å²) in [5.74, 6) is 2.89. The average Bonchev–Trinajstić information content (AvgIpc) is 2.88. The highest BCUT2D eigenvalue weighted by molar-refractivity contribution is 7.98. The van der Waals surface area contributed by atoms with E-state index in [1.165, 1.54) is 0 Å². The van der Waals surface area contributed by atoms with Crippen molar-refractivity contribution in [2.45, 2.75) is 12.7 Å². The number of hydrogen-bond donors (Lipinski definition) is 1. The van der Waals surface area contributed by atoms with E-state index in [9.17, 15) is 0 Å². The Balaban J connectivity index is 1.91. The Labute approximate surface area is 111 Å². The first-order valence-electron chi connectivity index (χ1n) is 5.99. The lowest BCUT2D eigenvalue weighted by molar-refractivity contribution is 0.250. The van der Waals surface area contributed by atoms with Crippen molar-refractivity contribution in [3.8, 4) is 11.3 Å². The summed E-state index contributed by atoms with van der Waals surface area (Å²) in [5, 5.41) is 13.0. The molecule has 0 bridgehead atoms. The summed E-state index contributed by atoms with van der Waals surface area (Å²) in [6, 6.07) is 11.9.